The number of hydrogen-bond donors (Lipinski definition) is 0. The summed E-state index contributed by atoms with van der Waals surface area (Å²) >= 11 is 0. The summed E-state index contributed by atoms with van der Waals surface area (Å²) in [5.74, 6) is 0. The van der Waals surface area contributed by atoms with E-state index >= 15 is 0 Å². The highest BCUT2D eigenvalue weighted by Crippen LogP contribution is 2.66. The van der Waals surface area contributed by atoms with E-state index in [9.17, 15) is 0 Å². The summed E-state index contributed by atoms with van der Waals surface area (Å²) < 4.78 is 0. The van der Waals surface area contributed by atoms with Crippen molar-refractivity contribution >= 4 is 62.9 Å². The van der Waals surface area contributed by atoms with Gasteiger partial charge in [-0.25, -0.2) is 0 Å². The number of fused-ring (bicyclic) bond motifs is 12. The molecule has 6 aromatic rings. The summed E-state index contributed by atoms with van der Waals surface area (Å²) in [5, 5.41) is 0. The van der Waals surface area contributed by atoms with Crippen LogP contribution in [0.1, 0.15) is 82.1 Å². The fourth-order valence-corrected chi connectivity index (χ4v) is 12.9. The van der Waals surface area contributed by atoms with Crippen molar-refractivity contribution in [3.8, 4) is 0 Å². The van der Waals surface area contributed by atoms with Crippen molar-refractivity contribution in [3.63, 3.8) is 0 Å². The zero-order chi connectivity index (χ0) is 36.2. The van der Waals surface area contributed by atoms with Crippen LogP contribution in [0, 0.1) is 0 Å². The maximum absolute atomic E-state index is 2.86. The number of para-hydroxylation sites is 4. The van der Waals surface area contributed by atoms with Crippen LogP contribution in [0.4, 0.5) is 39.8 Å². The van der Waals surface area contributed by atoms with Crippen LogP contribution >= 0.6 is 0 Å². The fourth-order valence-electron chi connectivity index (χ4n) is 12.9. The number of nitrogens with zero attached hydrogens (tertiary/aromatic N) is 3. The molecule has 2 aliphatic carbocycles. The molecule has 4 heterocycles. The van der Waals surface area contributed by atoms with Gasteiger partial charge >= 0.3 is 0 Å². The molecule has 54 heavy (non-hydrogen) atoms. The quantitative estimate of drug-likeness (QED) is 0.166. The molecule has 0 spiro atoms. The van der Waals surface area contributed by atoms with Gasteiger partial charge in [-0.15, -0.1) is 0 Å². The zero-order valence-corrected chi connectivity index (χ0v) is 31.9. The molecule has 0 radical (unpaired) electrons. The molecule has 4 aliphatic heterocycles. The maximum Gasteiger partial charge on any atom is 0.252 e. The predicted octanol–water partition coefficient (Wildman–Crippen LogP) is 10.3. The highest BCUT2D eigenvalue weighted by atomic mass is 15.3. The number of hydrogen-bond acceptors (Lipinski definition) is 3. The van der Waals surface area contributed by atoms with Gasteiger partial charge in [-0.05, 0) is 115 Å². The first-order valence-corrected chi connectivity index (χ1v) is 20.3. The van der Waals surface area contributed by atoms with E-state index in [2.05, 4.69) is 176 Å². The third-order valence-corrected chi connectivity index (χ3v) is 15.8. The van der Waals surface area contributed by atoms with E-state index in [1.807, 2.05) is 0 Å². The Morgan fingerprint density at radius 3 is 2.02 bits per heavy atom. The molecule has 4 atom stereocenters. The molecule has 6 aromatic carbocycles. The van der Waals surface area contributed by atoms with Crippen molar-refractivity contribution < 1.29 is 0 Å². The van der Waals surface area contributed by atoms with Crippen molar-refractivity contribution in [2.45, 2.75) is 88.1 Å². The van der Waals surface area contributed by atoms with Gasteiger partial charge < -0.3 is 14.7 Å². The third kappa shape index (κ3) is 3.44. The van der Waals surface area contributed by atoms with Gasteiger partial charge in [0.05, 0.1) is 11.1 Å². The number of aryl methyl sites for hydroxylation is 1. The Labute approximate surface area is 320 Å². The molecule has 3 nitrogen and oxygen atoms in total. The van der Waals surface area contributed by atoms with E-state index in [-0.39, 0.29) is 28.6 Å². The molecule has 6 aliphatic rings. The van der Waals surface area contributed by atoms with Gasteiger partial charge in [0, 0.05) is 50.6 Å². The van der Waals surface area contributed by atoms with Crippen LogP contribution < -0.4 is 31.1 Å². The van der Waals surface area contributed by atoms with Crippen molar-refractivity contribution in [1.29, 1.82) is 0 Å². The normalized spacial score (nSPS) is 27.7. The second kappa shape index (κ2) is 10.3. The Morgan fingerprint density at radius 2 is 1.17 bits per heavy atom. The second-order valence-electron chi connectivity index (χ2n) is 17.9. The van der Waals surface area contributed by atoms with Gasteiger partial charge in [0.15, 0.2) is 0 Å². The Kier molecular flexibility index (Phi) is 5.94. The minimum Gasteiger partial charge on any atom is -0.334 e. The van der Waals surface area contributed by atoms with Crippen LogP contribution in [0.2, 0.25) is 0 Å². The van der Waals surface area contributed by atoms with Crippen LogP contribution in [0.25, 0.3) is 0 Å². The first kappa shape index (κ1) is 31.2. The summed E-state index contributed by atoms with van der Waals surface area (Å²) in [6, 6.07) is 51.6. The lowest BCUT2D eigenvalue weighted by Crippen LogP contribution is -2.64. The van der Waals surface area contributed by atoms with E-state index < -0.39 is 0 Å². The average Bonchev–Trinajstić information content (AvgIpc) is 3.55. The van der Waals surface area contributed by atoms with Gasteiger partial charge in [-0.2, -0.15) is 0 Å². The largest absolute Gasteiger partial charge is 0.334 e. The molecule has 4 heteroatoms. The van der Waals surface area contributed by atoms with E-state index in [1.165, 1.54) is 104 Å². The molecule has 0 N–H and O–H groups in total. The fraction of sp³-hybridized carbons (Fsp3) is 0.280. The summed E-state index contributed by atoms with van der Waals surface area (Å²) in [6.45, 7) is 10.4. The van der Waals surface area contributed by atoms with Gasteiger partial charge in [0.25, 0.3) is 6.71 Å². The first-order valence-electron chi connectivity index (χ1n) is 20.3. The highest BCUT2D eigenvalue weighted by molar-refractivity contribution is 7.00. The average molecular weight is 700 g/mol. The van der Waals surface area contributed by atoms with Crippen LogP contribution in [0.15, 0.2) is 133 Å². The predicted molar refractivity (Wildman–Crippen MR) is 227 cm³/mol. The van der Waals surface area contributed by atoms with Crippen molar-refractivity contribution in [2.75, 3.05) is 14.7 Å². The van der Waals surface area contributed by atoms with Crippen LogP contribution in [-0.4, -0.2) is 12.3 Å². The molecule has 264 valence electrons. The lowest BCUT2D eigenvalue weighted by molar-refractivity contribution is 0.195. The molecule has 0 saturated heterocycles. The molecule has 4 unspecified atom stereocenters. The minimum absolute atomic E-state index is 0.0436. The number of anilines is 7. The summed E-state index contributed by atoms with van der Waals surface area (Å²) in [5.41, 5.74) is 19.3. The van der Waals surface area contributed by atoms with E-state index in [4.69, 9.17) is 0 Å². The van der Waals surface area contributed by atoms with Gasteiger partial charge in [-0.1, -0.05) is 124 Å². The Bertz CT molecular complexity index is 2580. The lowest BCUT2D eigenvalue weighted by Gasteiger charge is -2.54. The molecular formula is C50H46BN3. The van der Waals surface area contributed by atoms with Crippen LogP contribution in [0.5, 0.6) is 0 Å². The van der Waals surface area contributed by atoms with Gasteiger partial charge in [-0.3, -0.25) is 0 Å². The summed E-state index contributed by atoms with van der Waals surface area (Å²) in [6.07, 6.45) is 7.18. The number of rotatable bonds is 2. The lowest BCUT2D eigenvalue weighted by atomic mass is 9.33. The highest BCUT2D eigenvalue weighted by Gasteiger charge is 2.64. The summed E-state index contributed by atoms with van der Waals surface area (Å²) in [4.78, 5) is 8.24. The van der Waals surface area contributed by atoms with E-state index in [1.54, 1.807) is 0 Å². The molecule has 12 rings (SSSR count). The van der Waals surface area contributed by atoms with E-state index in [0.29, 0.717) is 0 Å². The van der Waals surface area contributed by atoms with Crippen molar-refractivity contribution in [2.24, 2.45) is 0 Å². The standard InChI is InChI=1S/C50H46BN3/c1-47-28-14-15-29-49(47,3)53(41-25-12-10-21-37(41)47)35-31-43-45-44(32-35)54-46-38(48(2)30-27-33-17-8-9-20-36(33)50(48,54)4)22-16-24-40(46)51(45)39-23-11-13-26-42(39)52(43)34-18-6-5-7-19-34/h5-13,16-26,31-32H,14-15,27-30H2,1-4H3. The maximum atomic E-state index is 2.86. The van der Waals surface area contributed by atoms with Crippen LogP contribution in [0.3, 0.4) is 0 Å². The second-order valence-corrected chi connectivity index (χ2v) is 17.9. The molecule has 1 saturated carbocycles. The Hall–Kier alpha value is -5.22. The Balaban J connectivity index is 1.23. The minimum atomic E-state index is -0.266. The molecule has 0 amide bonds. The molecule has 0 bridgehead atoms. The van der Waals surface area contributed by atoms with Gasteiger partial charge in [0.2, 0.25) is 0 Å². The number of benzene rings is 6. The zero-order valence-electron chi connectivity index (χ0n) is 31.9. The summed E-state index contributed by atoms with van der Waals surface area (Å²) in [7, 11) is 0. The molecule has 0 aromatic heterocycles. The van der Waals surface area contributed by atoms with Gasteiger partial charge in [0.1, 0.15) is 0 Å². The monoisotopic (exact) mass is 699 g/mol. The first-order chi connectivity index (χ1) is 26.3. The SMILES string of the molecule is CC12CCCCC1(C)N(c1cc3c4c(c1)N1c5c(cccc5C5(C)CCc6ccccc6C15C)B4c1ccccc1N3c1ccccc1)c1ccccc12. The molecular weight excluding hydrogens is 653 g/mol. The van der Waals surface area contributed by atoms with Crippen molar-refractivity contribution in [3.05, 3.63) is 156 Å². The molecule has 1 fully saturated rings. The van der Waals surface area contributed by atoms with Crippen LogP contribution in [-0.2, 0) is 22.8 Å². The third-order valence-electron chi connectivity index (χ3n) is 15.8. The Morgan fingerprint density at radius 1 is 0.500 bits per heavy atom. The topological polar surface area (TPSA) is 9.72 Å². The van der Waals surface area contributed by atoms with E-state index in [0.717, 1.165) is 12.8 Å². The van der Waals surface area contributed by atoms with Crippen molar-refractivity contribution in [1.82, 2.24) is 0 Å². The smallest absolute Gasteiger partial charge is 0.252 e.